The summed E-state index contributed by atoms with van der Waals surface area (Å²) in [5.41, 5.74) is 12.1. The number of furan rings is 1. The van der Waals surface area contributed by atoms with E-state index < -0.39 is 0 Å². The smallest absolute Gasteiger partial charge is 0.143 e. The number of benzene rings is 10. The van der Waals surface area contributed by atoms with Crippen LogP contribution in [0.5, 0.6) is 0 Å². The predicted octanol–water partition coefficient (Wildman–Crippen LogP) is 15.5. The third-order valence-corrected chi connectivity index (χ3v) is 11.3. The van der Waals surface area contributed by atoms with E-state index in [4.69, 9.17) is 4.42 Å². The van der Waals surface area contributed by atoms with Gasteiger partial charge in [0.05, 0.1) is 0 Å². The van der Waals surface area contributed by atoms with Gasteiger partial charge in [-0.15, -0.1) is 0 Å². The van der Waals surface area contributed by atoms with E-state index in [0.29, 0.717) is 0 Å². The summed E-state index contributed by atoms with van der Waals surface area (Å²) in [7, 11) is 0. The molecule has 11 rings (SSSR count). The number of anilines is 3. The van der Waals surface area contributed by atoms with Crippen molar-refractivity contribution in [2.24, 2.45) is 0 Å². The second kappa shape index (κ2) is 13.2. The van der Waals surface area contributed by atoms with E-state index in [9.17, 15) is 0 Å². The number of rotatable bonds is 6. The molecule has 10 aromatic carbocycles. The van der Waals surface area contributed by atoms with Gasteiger partial charge in [-0.2, -0.15) is 0 Å². The van der Waals surface area contributed by atoms with Gasteiger partial charge in [0.15, 0.2) is 0 Å². The fourth-order valence-corrected chi connectivity index (χ4v) is 8.56. The minimum atomic E-state index is 0.894. The molecule has 56 heavy (non-hydrogen) atoms. The van der Waals surface area contributed by atoms with Crippen molar-refractivity contribution < 1.29 is 4.42 Å². The van der Waals surface area contributed by atoms with Crippen LogP contribution in [0.2, 0.25) is 0 Å². The first-order chi connectivity index (χ1) is 27.8. The van der Waals surface area contributed by atoms with Crippen molar-refractivity contribution in [1.82, 2.24) is 0 Å². The summed E-state index contributed by atoms with van der Waals surface area (Å²) in [6, 6.07) is 76.4. The van der Waals surface area contributed by atoms with E-state index in [-0.39, 0.29) is 0 Å². The molecule has 0 aliphatic heterocycles. The lowest BCUT2D eigenvalue weighted by molar-refractivity contribution is 0.670. The molecule has 0 spiro atoms. The molecule has 1 heterocycles. The Morgan fingerprint density at radius 1 is 0.304 bits per heavy atom. The second-order valence-electron chi connectivity index (χ2n) is 14.5. The van der Waals surface area contributed by atoms with Gasteiger partial charge < -0.3 is 9.32 Å². The van der Waals surface area contributed by atoms with E-state index in [1.165, 1.54) is 43.4 Å². The summed E-state index contributed by atoms with van der Waals surface area (Å²) in [5, 5.41) is 9.74. The summed E-state index contributed by atoms with van der Waals surface area (Å²) < 4.78 is 6.60. The molecule has 0 amide bonds. The fourth-order valence-electron chi connectivity index (χ4n) is 8.56. The minimum Gasteiger partial charge on any atom is -0.455 e. The summed E-state index contributed by atoms with van der Waals surface area (Å²) in [6.45, 7) is 0. The molecule has 2 nitrogen and oxygen atoms in total. The predicted molar refractivity (Wildman–Crippen MR) is 237 cm³/mol. The van der Waals surface area contributed by atoms with Gasteiger partial charge in [-0.05, 0) is 109 Å². The standard InChI is InChI=1S/C54H35NO/c1-2-11-37(12-3-1)50-34-33-49(53-51-18-8-9-20-52(51)56-54(50)53)40-25-29-43(30-26-40)55(44-31-32-48-41(35-44)22-21-38-14-5-7-17-46(38)48)42-27-23-39(24-28-42)47-19-10-15-36-13-4-6-16-45(36)47/h1-35H. The molecule has 2 heteroatoms. The van der Waals surface area contributed by atoms with Crippen LogP contribution in [0.4, 0.5) is 17.1 Å². The van der Waals surface area contributed by atoms with Crippen molar-refractivity contribution in [1.29, 1.82) is 0 Å². The van der Waals surface area contributed by atoms with E-state index in [1.807, 2.05) is 6.07 Å². The first kappa shape index (κ1) is 32.0. The maximum atomic E-state index is 6.60. The lowest BCUT2D eigenvalue weighted by atomic mass is 9.94. The number of fused-ring (bicyclic) bond motifs is 7. The van der Waals surface area contributed by atoms with Crippen molar-refractivity contribution in [3.63, 3.8) is 0 Å². The molecule has 0 bridgehead atoms. The number of para-hydroxylation sites is 1. The molecule has 11 aromatic rings. The van der Waals surface area contributed by atoms with Crippen molar-refractivity contribution in [2.45, 2.75) is 0 Å². The van der Waals surface area contributed by atoms with Crippen LogP contribution in [0.25, 0.3) is 87.6 Å². The topological polar surface area (TPSA) is 16.4 Å². The Morgan fingerprint density at radius 3 is 1.61 bits per heavy atom. The van der Waals surface area contributed by atoms with Crippen LogP contribution < -0.4 is 4.90 Å². The van der Waals surface area contributed by atoms with Crippen molar-refractivity contribution in [3.8, 4) is 33.4 Å². The first-order valence-corrected chi connectivity index (χ1v) is 19.2. The van der Waals surface area contributed by atoms with E-state index >= 15 is 0 Å². The molecule has 1 aromatic heterocycles. The fraction of sp³-hybridized carbons (Fsp3) is 0. The van der Waals surface area contributed by atoms with Crippen LogP contribution in [0.3, 0.4) is 0 Å². The van der Waals surface area contributed by atoms with E-state index in [0.717, 1.165) is 61.3 Å². The Bertz CT molecular complexity index is 3230. The highest BCUT2D eigenvalue weighted by molar-refractivity contribution is 6.16. The highest BCUT2D eigenvalue weighted by atomic mass is 16.3. The maximum absolute atomic E-state index is 6.60. The molecule has 0 aliphatic carbocycles. The van der Waals surface area contributed by atoms with Gasteiger partial charge in [-0.25, -0.2) is 0 Å². The second-order valence-corrected chi connectivity index (χ2v) is 14.5. The Hall–Kier alpha value is -7.42. The molecule has 0 atom stereocenters. The molecule has 0 saturated heterocycles. The number of hydrogen-bond donors (Lipinski definition) is 0. The van der Waals surface area contributed by atoms with Crippen LogP contribution in [0, 0.1) is 0 Å². The van der Waals surface area contributed by atoms with E-state index in [2.05, 4.69) is 211 Å². The first-order valence-electron chi connectivity index (χ1n) is 19.2. The monoisotopic (exact) mass is 713 g/mol. The third kappa shape index (κ3) is 5.34. The Morgan fingerprint density at radius 2 is 0.839 bits per heavy atom. The Balaban J connectivity index is 1.05. The van der Waals surface area contributed by atoms with Crippen LogP contribution in [-0.4, -0.2) is 0 Å². The zero-order valence-electron chi connectivity index (χ0n) is 30.6. The molecule has 0 aliphatic rings. The highest BCUT2D eigenvalue weighted by Crippen LogP contribution is 2.44. The van der Waals surface area contributed by atoms with Crippen LogP contribution in [0.1, 0.15) is 0 Å². The molecule has 0 N–H and O–H groups in total. The van der Waals surface area contributed by atoms with Crippen LogP contribution >= 0.6 is 0 Å². The zero-order valence-corrected chi connectivity index (χ0v) is 30.6. The zero-order chi connectivity index (χ0) is 37.0. The number of hydrogen-bond acceptors (Lipinski definition) is 2. The van der Waals surface area contributed by atoms with Crippen molar-refractivity contribution >= 4 is 71.3 Å². The average Bonchev–Trinajstić information content (AvgIpc) is 3.67. The van der Waals surface area contributed by atoms with Crippen molar-refractivity contribution in [3.05, 3.63) is 212 Å². The molecule has 0 saturated carbocycles. The van der Waals surface area contributed by atoms with Gasteiger partial charge in [0, 0.05) is 33.4 Å². The minimum absolute atomic E-state index is 0.894. The molecular formula is C54H35NO. The molecular weight excluding hydrogens is 679 g/mol. The maximum Gasteiger partial charge on any atom is 0.143 e. The summed E-state index contributed by atoms with van der Waals surface area (Å²) in [6.07, 6.45) is 0. The Labute approximate surface area is 325 Å². The third-order valence-electron chi connectivity index (χ3n) is 11.3. The normalized spacial score (nSPS) is 11.6. The van der Waals surface area contributed by atoms with Crippen LogP contribution in [0.15, 0.2) is 217 Å². The number of nitrogens with zero attached hydrogens (tertiary/aromatic N) is 1. The average molecular weight is 714 g/mol. The van der Waals surface area contributed by atoms with Gasteiger partial charge in [0.25, 0.3) is 0 Å². The summed E-state index contributed by atoms with van der Waals surface area (Å²) in [4.78, 5) is 2.37. The lowest BCUT2D eigenvalue weighted by Gasteiger charge is -2.26. The van der Waals surface area contributed by atoms with Crippen LogP contribution in [-0.2, 0) is 0 Å². The SMILES string of the molecule is c1ccc(-c2ccc(-c3ccc(N(c4ccc(-c5cccc6ccccc56)cc4)c4ccc5c(ccc6ccccc65)c4)cc3)c3c2oc2ccccc23)cc1. The van der Waals surface area contributed by atoms with E-state index in [1.54, 1.807) is 0 Å². The lowest BCUT2D eigenvalue weighted by Crippen LogP contribution is -2.09. The summed E-state index contributed by atoms with van der Waals surface area (Å²) in [5.74, 6) is 0. The highest BCUT2D eigenvalue weighted by Gasteiger charge is 2.19. The quantitative estimate of drug-likeness (QED) is 0.160. The molecule has 262 valence electrons. The van der Waals surface area contributed by atoms with Gasteiger partial charge in [0.1, 0.15) is 11.2 Å². The van der Waals surface area contributed by atoms with Gasteiger partial charge in [-0.3, -0.25) is 0 Å². The Kier molecular flexibility index (Phi) is 7.53. The molecule has 0 radical (unpaired) electrons. The van der Waals surface area contributed by atoms with Gasteiger partial charge >= 0.3 is 0 Å². The largest absolute Gasteiger partial charge is 0.455 e. The summed E-state index contributed by atoms with van der Waals surface area (Å²) >= 11 is 0. The van der Waals surface area contributed by atoms with Gasteiger partial charge in [-0.1, -0.05) is 164 Å². The molecule has 0 unspecified atom stereocenters. The van der Waals surface area contributed by atoms with Gasteiger partial charge in [0.2, 0.25) is 0 Å². The van der Waals surface area contributed by atoms with Crippen molar-refractivity contribution in [2.75, 3.05) is 4.90 Å². The molecule has 0 fully saturated rings.